The van der Waals surface area contributed by atoms with Crippen molar-refractivity contribution < 1.29 is 4.79 Å². The Morgan fingerprint density at radius 3 is 1.68 bits per heavy atom. The van der Waals surface area contributed by atoms with E-state index in [2.05, 4.69) is 29.2 Å². The smallest absolute Gasteiger partial charge is 0.186 e. The molecule has 0 spiro atoms. The molecule has 0 amide bonds. The van der Waals surface area contributed by atoms with E-state index in [9.17, 15) is 4.79 Å². The second kappa shape index (κ2) is 7.63. The highest BCUT2D eigenvalue weighted by molar-refractivity contribution is 6.10. The second-order valence-corrected chi connectivity index (χ2v) is 6.10. The maximum atomic E-state index is 12.7. The molecular weight excluding hydrogens is 306 g/mol. The predicted molar refractivity (Wildman–Crippen MR) is 105 cm³/mol. The number of benzene rings is 3. The van der Waals surface area contributed by atoms with Crippen LogP contribution in [0, 0.1) is 0 Å². The lowest BCUT2D eigenvalue weighted by Gasteiger charge is -2.14. The van der Waals surface area contributed by atoms with Gasteiger partial charge in [-0.2, -0.15) is 0 Å². The highest BCUT2D eigenvalue weighted by atomic mass is 16.1. The van der Waals surface area contributed by atoms with Crippen molar-refractivity contribution in [2.45, 2.75) is 0 Å². The number of carbonyl (C=O) groups is 1. The van der Waals surface area contributed by atoms with Crippen molar-refractivity contribution in [3.63, 3.8) is 0 Å². The maximum Gasteiger partial charge on any atom is 0.186 e. The minimum Gasteiger partial charge on any atom is -0.378 e. The predicted octanol–water partition coefficient (Wildman–Crippen LogP) is 5.07. The molecule has 3 aromatic rings. The number of allylic oxidation sites excluding steroid dienone is 1. The molecule has 0 saturated carbocycles. The molecule has 2 heteroatoms. The lowest BCUT2D eigenvalue weighted by Crippen LogP contribution is -2.08. The first-order valence-electron chi connectivity index (χ1n) is 8.29. The maximum absolute atomic E-state index is 12.7. The first-order chi connectivity index (χ1) is 12.1. The largest absolute Gasteiger partial charge is 0.378 e. The zero-order valence-corrected chi connectivity index (χ0v) is 14.5. The summed E-state index contributed by atoms with van der Waals surface area (Å²) in [7, 11) is 4.03. The minimum atomic E-state index is 0.0103. The van der Waals surface area contributed by atoms with E-state index in [1.165, 1.54) is 0 Å². The number of hydrogen-bond acceptors (Lipinski definition) is 2. The summed E-state index contributed by atoms with van der Waals surface area (Å²) < 4.78 is 0. The summed E-state index contributed by atoms with van der Waals surface area (Å²) in [5, 5.41) is 0. The third kappa shape index (κ3) is 4.04. The van der Waals surface area contributed by atoms with E-state index in [0.717, 1.165) is 22.4 Å². The Hall–Kier alpha value is -3.13. The van der Waals surface area contributed by atoms with Crippen molar-refractivity contribution in [3.8, 4) is 0 Å². The van der Waals surface area contributed by atoms with Crippen molar-refractivity contribution >= 4 is 17.0 Å². The SMILES string of the molecule is CN(C)c1ccc(/C(=C/C(=O)c2ccccc2)c2ccccc2)cc1. The number of nitrogens with zero attached hydrogens (tertiary/aromatic N) is 1. The fourth-order valence-electron chi connectivity index (χ4n) is 2.71. The van der Waals surface area contributed by atoms with E-state index in [1.54, 1.807) is 6.08 Å². The van der Waals surface area contributed by atoms with Crippen molar-refractivity contribution in [2.24, 2.45) is 0 Å². The van der Waals surface area contributed by atoms with Gasteiger partial charge in [-0.3, -0.25) is 4.79 Å². The van der Waals surface area contributed by atoms with Crippen LogP contribution in [0.2, 0.25) is 0 Å². The van der Waals surface area contributed by atoms with Crippen LogP contribution < -0.4 is 4.90 Å². The summed E-state index contributed by atoms with van der Waals surface area (Å²) in [6.07, 6.45) is 1.73. The van der Waals surface area contributed by atoms with Gasteiger partial charge >= 0.3 is 0 Å². The van der Waals surface area contributed by atoms with E-state index in [4.69, 9.17) is 0 Å². The van der Waals surface area contributed by atoms with Gasteiger partial charge in [-0.1, -0.05) is 72.8 Å². The molecule has 0 unspecified atom stereocenters. The van der Waals surface area contributed by atoms with Crippen molar-refractivity contribution in [2.75, 3.05) is 19.0 Å². The van der Waals surface area contributed by atoms with Crippen LogP contribution in [0.5, 0.6) is 0 Å². The van der Waals surface area contributed by atoms with Crippen LogP contribution >= 0.6 is 0 Å². The molecule has 2 nitrogen and oxygen atoms in total. The molecule has 0 bridgehead atoms. The highest BCUT2D eigenvalue weighted by Crippen LogP contribution is 2.26. The van der Waals surface area contributed by atoms with Gasteiger partial charge in [0.05, 0.1) is 0 Å². The van der Waals surface area contributed by atoms with Crippen molar-refractivity contribution in [3.05, 3.63) is 108 Å². The van der Waals surface area contributed by atoms with Crippen molar-refractivity contribution in [1.29, 1.82) is 0 Å². The van der Waals surface area contributed by atoms with Crippen LogP contribution in [0.15, 0.2) is 91.0 Å². The number of ketones is 1. The van der Waals surface area contributed by atoms with Crippen LogP contribution in [-0.2, 0) is 0 Å². The third-order valence-electron chi connectivity index (χ3n) is 4.11. The van der Waals surface area contributed by atoms with E-state index >= 15 is 0 Å². The minimum absolute atomic E-state index is 0.0103. The fraction of sp³-hybridized carbons (Fsp3) is 0.0870. The number of hydrogen-bond donors (Lipinski definition) is 0. The molecule has 0 aliphatic heterocycles. The number of anilines is 1. The number of rotatable bonds is 5. The molecule has 124 valence electrons. The molecule has 0 aliphatic carbocycles. The molecular formula is C23H21NO. The Morgan fingerprint density at radius 2 is 1.16 bits per heavy atom. The van der Waals surface area contributed by atoms with Crippen molar-refractivity contribution in [1.82, 2.24) is 0 Å². The first kappa shape index (κ1) is 16.7. The molecule has 0 saturated heterocycles. The van der Waals surface area contributed by atoms with E-state index in [1.807, 2.05) is 74.8 Å². The Bertz CT molecular complexity index is 863. The van der Waals surface area contributed by atoms with Crippen LogP contribution in [0.3, 0.4) is 0 Å². The summed E-state index contributed by atoms with van der Waals surface area (Å²) in [4.78, 5) is 14.8. The van der Waals surface area contributed by atoms with Gasteiger partial charge < -0.3 is 4.90 Å². The van der Waals surface area contributed by atoms with E-state index < -0.39 is 0 Å². The molecule has 0 heterocycles. The summed E-state index contributed by atoms with van der Waals surface area (Å²) in [6.45, 7) is 0. The molecule has 0 aliphatic rings. The van der Waals surface area contributed by atoms with Crippen LogP contribution in [-0.4, -0.2) is 19.9 Å². The fourth-order valence-corrected chi connectivity index (χ4v) is 2.71. The van der Waals surface area contributed by atoms with Crippen LogP contribution in [0.25, 0.3) is 5.57 Å². The number of carbonyl (C=O) groups excluding carboxylic acids is 1. The van der Waals surface area contributed by atoms with Gasteiger partial charge in [-0.25, -0.2) is 0 Å². The Labute approximate surface area is 149 Å². The summed E-state index contributed by atoms with van der Waals surface area (Å²) in [6, 6.07) is 27.7. The summed E-state index contributed by atoms with van der Waals surface area (Å²) in [5.41, 5.74) is 4.82. The monoisotopic (exact) mass is 327 g/mol. The molecule has 25 heavy (non-hydrogen) atoms. The lowest BCUT2D eigenvalue weighted by molar-refractivity contribution is 0.104. The van der Waals surface area contributed by atoms with Gasteiger partial charge in [-0.15, -0.1) is 0 Å². The normalized spacial score (nSPS) is 11.2. The molecule has 0 N–H and O–H groups in total. The zero-order valence-electron chi connectivity index (χ0n) is 14.5. The second-order valence-electron chi connectivity index (χ2n) is 6.10. The molecule has 3 aromatic carbocycles. The van der Waals surface area contributed by atoms with Crippen LogP contribution in [0.1, 0.15) is 21.5 Å². The van der Waals surface area contributed by atoms with Gasteiger partial charge in [-0.05, 0) is 34.9 Å². The summed E-state index contributed by atoms with van der Waals surface area (Å²) >= 11 is 0. The van der Waals surface area contributed by atoms with Gasteiger partial charge in [0, 0.05) is 25.3 Å². The van der Waals surface area contributed by atoms with E-state index in [0.29, 0.717) is 5.56 Å². The average Bonchev–Trinajstić information content (AvgIpc) is 2.67. The first-order valence-corrected chi connectivity index (χ1v) is 8.29. The molecule has 0 fully saturated rings. The average molecular weight is 327 g/mol. The molecule has 0 radical (unpaired) electrons. The van der Waals surface area contributed by atoms with Gasteiger partial charge in [0.2, 0.25) is 0 Å². The van der Waals surface area contributed by atoms with Gasteiger partial charge in [0.25, 0.3) is 0 Å². The van der Waals surface area contributed by atoms with E-state index in [-0.39, 0.29) is 5.78 Å². The van der Waals surface area contributed by atoms with Gasteiger partial charge in [0.15, 0.2) is 5.78 Å². The van der Waals surface area contributed by atoms with Gasteiger partial charge in [0.1, 0.15) is 0 Å². The zero-order chi connectivity index (χ0) is 17.6. The highest BCUT2D eigenvalue weighted by Gasteiger charge is 2.09. The molecule has 0 atom stereocenters. The molecule has 3 rings (SSSR count). The quantitative estimate of drug-likeness (QED) is 0.482. The summed E-state index contributed by atoms with van der Waals surface area (Å²) in [5.74, 6) is 0.0103. The Balaban J connectivity index is 2.04. The Kier molecular flexibility index (Phi) is 5.10. The Morgan fingerprint density at radius 1 is 0.680 bits per heavy atom. The topological polar surface area (TPSA) is 20.3 Å². The standard InChI is InChI=1S/C23H21NO/c1-24(2)21-15-13-19(14-16-21)22(18-9-5-3-6-10-18)17-23(25)20-11-7-4-8-12-20/h3-17H,1-2H3/b22-17+. The lowest BCUT2D eigenvalue weighted by atomic mass is 9.95. The molecule has 0 aromatic heterocycles. The third-order valence-corrected chi connectivity index (χ3v) is 4.11. The van der Waals surface area contributed by atoms with Crippen LogP contribution in [0.4, 0.5) is 5.69 Å².